The van der Waals surface area contributed by atoms with Gasteiger partial charge < -0.3 is 9.84 Å². The molecule has 0 radical (unpaired) electrons. The maximum atomic E-state index is 12.7. The Morgan fingerprint density at radius 3 is 2.68 bits per heavy atom. The average Bonchev–Trinajstić information content (AvgIpc) is 2.91. The number of carbonyl (C=O) groups is 1. The lowest BCUT2D eigenvalue weighted by Gasteiger charge is -2.30. The van der Waals surface area contributed by atoms with Gasteiger partial charge in [0.2, 0.25) is 23.2 Å². The minimum absolute atomic E-state index is 0.0378. The summed E-state index contributed by atoms with van der Waals surface area (Å²) in [5.74, 6) is 0.997. The van der Waals surface area contributed by atoms with Crippen LogP contribution >= 0.6 is 11.8 Å². The number of aromatic hydroxyl groups is 1. The van der Waals surface area contributed by atoms with Gasteiger partial charge in [-0.1, -0.05) is 61.9 Å². The van der Waals surface area contributed by atoms with Crippen LogP contribution in [0.2, 0.25) is 0 Å². The van der Waals surface area contributed by atoms with E-state index in [4.69, 9.17) is 4.74 Å². The lowest BCUT2D eigenvalue weighted by atomic mass is 10.1. The van der Waals surface area contributed by atoms with Crippen molar-refractivity contribution in [2.24, 2.45) is 0 Å². The van der Waals surface area contributed by atoms with Gasteiger partial charge in [-0.3, -0.25) is 9.69 Å². The second-order valence-electron chi connectivity index (χ2n) is 7.24. The first kappa shape index (κ1) is 21.1. The lowest BCUT2D eigenvalue weighted by molar-refractivity contribution is -0.118. The molecule has 1 aliphatic rings. The van der Waals surface area contributed by atoms with E-state index in [1.165, 1.54) is 23.6 Å². The molecular formula is C23H24N4O3S. The van der Waals surface area contributed by atoms with Crippen LogP contribution in [0.4, 0.5) is 5.69 Å². The number of aromatic nitrogens is 3. The number of benzene rings is 2. The molecule has 0 unspecified atom stereocenters. The van der Waals surface area contributed by atoms with Crippen molar-refractivity contribution in [3.8, 4) is 22.9 Å². The average molecular weight is 437 g/mol. The molecule has 0 spiro atoms. The van der Waals surface area contributed by atoms with Gasteiger partial charge in [0.05, 0.1) is 11.3 Å². The van der Waals surface area contributed by atoms with Gasteiger partial charge in [0.15, 0.2) is 5.69 Å². The molecule has 1 aromatic heterocycles. The third-order valence-electron chi connectivity index (χ3n) is 5.03. The zero-order valence-electron chi connectivity index (χ0n) is 17.5. The standard InChI is InChI=1S/C23H24N4O3S/c1-3-4-9-14-31-23-24-21-20(25-26-23)16-10-5-7-12-18(16)27(15(2)28)22(30-21)17-11-6-8-13-19(17)29/h5-8,10-13,22,29H,3-4,9,14H2,1-2H3/t22-/m0/s1. The number of fused-ring (bicyclic) bond motifs is 3. The SMILES string of the molecule is CCCCCSc1nnc2c(n1)O[C@@H](c1ccccc1O)N(C(C)=O)c1ccccc1-2. The topological polar surface area (TPSA) is 88.4 Å². The zero-order chi connectivity index (χ0) is 21.8. The predicted octanol–water partition coefficient (Wildman–Crippen LogP) is 4.97. The minimum atomic E-state index is -0.893. The Labute approximate surface area is 185 Å². The van der Waals surface area contributed by atoms with Crippen molar-refractivity contribution in [2.75, 3.05) is 10.7 Å². The fourth-order valence-electron chi connectivity index (χ4n) is 3.53. The number of carbonyl (C=O) groups excluding carboxylic acids is 1. The molecule has 7 nitrogen and oxygen atoms in total. The molecule has 1 aliphatic heterocycles. The summed E-state index contributed by atoms with van der Waals surface area (Å²) in [6.07, 6.45) is 2.48. The normalized spacial score (nSPS) is 14.9. The minimum Gasteiger partial charge on any atom is -0.507 e. The van der Waals surface area contributed by atoms with Gasteiger partial charge in [0, 0.05) is 18.2 Å². The molecule has 0 saturated heterocycles. The molecule has 1 amide bonds. The Morgan fingerprint density at radius 1 is 1.13 bits per heavy atom. The molecule has 160 valence electrons. The van der Waals surface area contributed by atoms with Crippen molar-refractivity contribution in [1.82, 2.24) is 15.2 Å². The van der Waals surface area contributed by atoms with Crippen LogP contribution in [0, 0.1) is 0 Å². The summed E-state index contributed by atoms with van der Waals surface area (Å²) < 4.78 is 6.27. The zero-order valence-corrected chi connectivity index (χ0v) is 18.3. The van der Waals surface area contributed by atoms with E-state index in [0.717, 1.165) is 25.0 Å². The lowest BCUT2D eigenvalue weighted by Crippen LogP contribution is -2.36. The van der Waals surface area contributed by atoms with E-state index in [2.05, 4.69) is 22.1 Å². The van der Waals surface area contributed by atoms with Gasteiger partial charge in [-0.2, -0.15) is 4.98 Å². The smallest absolute Gasteiger partial charge is 0.247 e. The Kier molecular flexibility index (Phi) is 6.36. The number of para-hydroxylation sites is 2. The molecule has 2 aromatic carbocycles. The quantitative estimate of drug-likeness (QED) is 0.431. The molecule has 1 atom stereocenters. The largest absolute Gasteiger partial charge is 0.507 e. The number of rotatable bonds is 6. The number of hydrogen-bond acceptors (Lipinski definition) is 7. The molecule has 0 bridgehead atoms. The maximum absolute atomic E-state index is 12.7. The van der Waals surface area contributed by atoms with Crippen LogP contribution < -0.4 is 9.64 Å². The van der Waals surface area contributed by atoms with Crippen molar-refractivity contribution >= 4 is 23.4 Å². The van der Waals surface area contributed by atoms with E-state index in [1.54, 1.807) is 24.3 Å². The molecular weight excluding hydrogens is 412 g/mol. The van der Waals surface area contributed by atoms with Gasteiger partial charge in [0.25, 0.3) is 0 Å². The molecule has 0 fully saturated rings. The highest BCUT2D eigenvalue weighted by molar-refractivity contribution is 7.99. The maximum Gasteiger partial charge on any atom is 0.247 e. The number of unbranched alkanes of at least 4 members (excludes halogenated alkanes) is 2. The molecule has 3 aromatic rings. The summed E-state index contributed by atoms with van der Waals surface area (Å²) in [7, 11) is 0. The Bertz CT molecular complexity index is 1090. The Balaban J connectivity index is 1.82. The molecule has 4 rings (SSSR count). The molecule has 0 saturated carbocycles. The van der Waals surface area contributed by atoms with Crippen molar-refractivity contribution in [2.45, 2.75) is 44.5 Å². The first-order chi connectivity index (χ1) is 15.1. The summed E-state index contributed by atoms with van der Waals surface area (Å²) in [5, 5.41) is 19.7. The summed E-state index contributed by atoms with van der Waals surface area (Å²) in [6, 6.07) is 14.2. The summed E-state index contributed by atoms with van der Waals surface area (Å²) in [6.45, 7) is 3.63. The fraction of sp³-hybridized carbons (Fsp3) is 0.304. The van der Waals surface area contributed by atoms with Crippen LogP contribution in [-0.2, 0) is 4.79 Å². The van der Waals surface area contributed by atoms with E-state index in [1.807, 2.05) is 24.3 Å². The van der Waals surface area contributed by atoms with Crippen LogP contribution in [0.15, 0.2) is 53.7 Å². The number of phenolic OH excluding ortho intramolecular Hbond substituents is 1. The van der Waals surface area contributed by atoms with Gasteiger partial charge in [-0.05, 0) is 24.6 Å². The van der Waals surface area contributed by atoms with Crippen molar-refractivity contribution in [1.29, 1.82) is 0 Å². The highest BCUT2D eigenvalue weighted by Crippen LogP contribution is 2.44. The first-order valence-corrected chi connectivity index (χ1v) is 11.3. The molecule has 8 heteroatoms. The number of thioether (sulfide) groups is 1. The van der Waals surface area contributed by atoms with Crippen LogP contribution in [0.1, 0.15) is 44.9 Å². The van der Waals surface area contributed by atoms with E-state index in [9.17, 15) is 9.90 Å². The van der Waals surface area contributed by atoms with Crippen molar-refractivity contribution < 1.29 is 14.6 Å². The van der Waals surface area contributed by atoms with E-state index < -0.39 is 6.23 Å². The molecule has 0 aliphatic carbocycles. The van der Waals surface area contributed by atoms with Gasteiger partial charge >= 0.3 is 0 Å². The number of hydrogen-bond donors (Lipinski definition) is 1. The van der Waals surface area contributed by atoms with Crippen LogP contribution in [0.25, 0.3) is 11.3 Å². The summed E-state index contributed by atoms with van der Waals surface area (Å²) in [5.41, 5.74) is 2.27. The van der Waals surface area contributed by atoms with Crippen molar-refractivity contribution in [3.63, 3.8) is 0 Å². The van der Waals surface area contributed by atoms with Gasteiger partial charge in [-0.15, -0.1) is 10.2 Å². The fourth-order valence-corrected chi connectivity index (χ4v) is 4.31. The third-order valence-corrected chi connectivity index (χ3v) is 5.96. The van der Waals surface area contributed by atoms with E-state index in [0.29, 0.717) is 27.7 Å². The van der Waals surface area contributed by atoms with Crippen LogP contribution in [-0.4, -0.2) is 31.9 Å². The summed E-state index contributed by atoms with van der Waals surface area (Å²) >= 11 is 1.53. The number of anilines is 1. The number of phenols is 1. The molecule has 2 heterocycles. The van der Waals surface area contributed by atoms with Gasteiger partial charge in [-0.25, -0.2) is 0 Å². The monoisotopic (exact) mass is 436 g/mol. The number of nitrogens with zero attached hydrogens (tertiary/aromatic N) is 4. The second kappa shape index (κ2) is 9.34. The number of amides is 1. The summed E-state index contributed by atoms with van der Waals surface area (Å²) in [4.78, 5) is 18.9. The Hall–Kier alpha value is -3.13. The third kappa shape index (κ3) is 4.34. The highest BCUT2D eigenvalue weighted by Gasteiger charge is 2.35. The first-order valence-electron chi connectivity index (χ1n) is 10.3. The second-order valence-corrected chi connectivity index (χ2v) is 8.30. The van der Waals surface area contributed by atoms with E-state index >= 15 is 0 Å². The van der Waals surface area contributed by atoms with Gasteiger partial charge in [0.1, 0.15) is 5.75 Å². The van der Waals surface area contributed by atoms with Crippen LogP contribution in [0.5, 0.6) is 11.6 Å². The highest BCUT2D eigenvalue weighted by atomic mass is 32.2. The van der Waals surface area contributed by atoms with E-state index in [-0.39, 0.29) is 17.5 Å². The predicted molar refractivity (Wildman–Crippen MR) is 120 cm³/mol. The van der Waals surface area contributed by atoms with Crippen LogP contribution in [0.3, 0.4) is 0 Å². The van der Waals surface area contributed by atoms with Crippen molar-refractivity contribution in [3.05, 3.63) is 54.1 Å². The molecule has 1 N–H and O–H groups in total. The molecule has 31 heavy (non-hydrogen) atoms. The Morgan fingerprint density at radius 2 is 1.90 bits per heavy atom. The number of ether oxygens (including phenoxy) is 1.